The maximum Gasteiger partial charge on any atom is 0.249 e. The van der Waals surface area contributed by atoms with Crippen molar-refractivity contribution in [2.24, 2.45) is 15.7 Å². The number of hydrogen-bond donors (Lipinski definition) is 1. The van der Waals surface area contributed by atoms with Gasteiger partial charge in [0.1, 0.15) is 19.0 Å². The van der Waals surface area contributed by atoms with Gasteiger partial charge in [-0.15, -0.1) is 0 Å². The molecule has 1 aromatic heterocycles. The third kappa shape index (κ3) is 6.70. The highest BCUT2D eigenvalue weighted by Crippen LogP contribution is 2.20. The molecule has 10 nitrogen and oxygen atoms in total. The Kier molecular flexibility index (Phi) is 9.63. The number of hydrogen-bond acceptors (Lipinski definition) is 9. The van der Waals surface area contributed by atoms with E-state index in [0.717, 1.165) is 60.5 Å². The number of benzene rings is 1. The molecule has 1 amide bonds. The van der Waals surface area contributed by atoms with Crippen LogP contribution < -0.4 is 5.73 Å². The Morgan fingerprint density at radius 1 is 1.00 bits per heavy atom. The van der Waals surface area contributed by atoms with Gasteiger partial charge in [-0.3, -0.25) is 14.7 Å². The summed E-state index contributed by atoms with van der Waals surface area (Å²) in [7, 11) is 0. The van der Waals surface area contributed by atoms with E-state index in [0.29, 0.717) is 38.1 Å². The van der Waals surface area contributed by atoms with Gasteiger partial charge in [0, 0.05) is 43.3 Å². The predicted molar refractivity (Wildman–Crippen MR) is 169 cm³/mol. The highest BCUT2D eigenvalue weighted by atomic mass is 16.2. The molecule has 0 radical (unpaired) electrons. The maximum absolute atomic E-state index is 14.2. The fraction of sp³-hybridized carbons (Fsp3) is 0.469. The molecule has 2 N–H and O–H groups in total. The molecule has 3 aliphatic heterocycles. The van der Waals surface area contributed by atoms with Crippen molar-refractivity contribution in [3.63, 3.8) is 0 Å². The molecule has 1 saturated heterocycles. The van der Waals surface area contributed by atoms with Gasteiger partial charge in [-0.2, -0.15) is 0 Å². The van der Waals surface area contributed by atoms with E-state index >= 15 is 0 Å². The van der Waals surface area contributed by atoms with Gasteiger partial charge < -0.3 is 20.4 Å². The summed E-state index contributed by atoms with van der Waals surface area (Å²) in [6.45, 7) is 10.4. The fourth-order valence-electron chi connectivity index (χ4n) is 5.79. The van der Waals surface area contributed by atoms with Gasteiger partial charge in [0.05, 0.1) is 18.6 Å². The average molecular weight is 570 g/mol. The lowest BCUT2D eigenvalue weighted by Crippen LogP contribution is -2.54. The van der Waals surface area contributed by atoms with Crippen molar-refractivity contribution in [3.05, 3.63) is 71.7 Å². The van der Waals surface area contributed by atoms with E-state index in [1.807, 2.05) is 45.0 Å². The second kappa shape index (κ2) is 13.7. The number of fused-ring (bicyclic) bond motifs is 2. The Balaban J connectivity index is 0.00000173. The summed E-state index contributed by atoms with van der Waals surface area (Å²) < 4.78 is 0. The van der Waals surface area contributed by atoms with E-state index in [1.165, 1.54) is 0 Å². The predicted octanol–water partition coefficient (Wildman–Crippen LogP) is 3.46. The number of nitrogens with two attached hydrogens (primary N) is 1. The van der Waals surface area contributed by atoms with Crippen LogP contribution in [-0.4, -0.2) is 99.4 Å². The molecule has 4 heterocycles. The van der Waals surface area contributed by atoms with Gasteiger partial charge in [-0.1, -0.05) is 62.4 Å². The molecule has 1 fully saturated rings. The zero-order valence-corrected chi connectivity index (χ0v) is 25.1. The topological polar surface area (TPSA) is 107 Å². The molecule has 10 heteroatoms. The van der Waals surface area contributed by atoms with Crippen LogP contribution in [0.25, 0.3) is 10.9 Å². The number of piperidine rings is 1. The molecule has 0 bridgehead atoms. The van der Waals surface area contributed by atoms with Gasteiger partial charge in [0.25, 0.3) is 0 Å². The summed E-state index contributed by atoms with van der Waals surface area (Å²) >= 11 is 0. The number of aromatic nitrogens is 2. The molecule has 1 aromatic carbocycles. The van der Waals surface area contributed by atoms with E-state index in [-0.39, 0.29) is 25.0 Å². The summed E-state index contributed by atoms with van der Waals surface area (Å²) in [5.74, 6) is 2.04. The van der Waals surface area contributed by atoms with Crippen LogP contribution in [-0.2, 0) is 11.3 Å². The molecule has 222 valence electrons. The lowest BCUT2D eigenvalue weighted by Gasteiger charge is -2.38. The van der Waals surface area contributed by atoms with Crippen LogP contribution in [0.1, 0.15) is 44.6 Å². The van der Waals surface area contributed by atoms with Crippen LogP contribution in [0.5, 0.6) is 0 Å². The molecule has 2 aromatic rings. The Labute approximate surface area is 249 Å². The first kappa shape index (κ1) is 29.4. The fourth-order valence-corrected chi connectivity index (χ4v) is 5.79. The second-order valence-electron chi connectivity index (χ2n) is 10.8. The summed E-state index contributed by atoms with van der Waals surface area (Å²) in [6.07, 6.45) is 13.5. The van der Waals surface area contributed by atoms with Crippen LogP contribution in [0.4, 0.5) is 0 Å². The lowest BCUT2D eigenvalue weighted by atomic mass is 10.1. The first-order valence-corrected chi connectivity index (χ1v) is 15.2. The summed E-state index contributed by atoms with van der Waals surface area (Å²) in [5.41, 5.74) is 9.32. The quantitative estimate of drug-likeness (QED) is 0.601. The highest BCUT2D eigenvalue weighted by molar-refractivity contribution is 6.00. The van der Waals surface area contributed by atoms with Crippen LogP contribution in [0.15, 0.2) is 70.2 Å². The van der Waals surface area contributed by atoms with E-state index in [1.54, 1.807) is 4.90 Å². The molecule has 0 spiro atoms. The number of carbonyl (C=O) groups is 1. The number of aryl methyl sites for hydroxylation is 1. The highest BCUT2D eigenvalue weighted by Gasteiger charge is 2.34. The molecule has 1 atom stereocenters. The van der Waals surface area contributed by atoms with Gasteiger partial charge in [-0.05, 0) is 37.8 Å². The molecule has 6 rings (SSSR count). The molecular weight excluding hydrogens is 526 g/mol. The van der Waals surface area contributed by atoms with Gasteiger partial charge in [0.2, 0.25) is 11.9 Å². The van der Waals surface area contributed by atoms with Crippen molar-refractivity contribution in [3.8, 4) is 0 Å². The van der Waals surface area contributed by atoms with E-state index < -0.39 is 0 Å². The molecule has 4 aliphatic rings. The van der Waals surface area contributed by atoms with Gasteiger partial charge >= 0.3 is 0 Å². The standard InChI is InChI=1S/C30H37N9O.C2H6/c1-22-25-12-6-7-13-26(25)35-27(34-22)19-39-28(40)20-38(17-23-9-4-2-3-5-10-23)29(36-15-8-11-24(31)18-36)33-21-37-16-14-32-30(37)39;1-2/h2-4,6-7,9-10,12-13,24H,5,8,11,14-21,31H2,1H3;1-2H3/b33-29-;. The van der Waals surface area contributed by atoms with Crippen molar-refractivity contribution >= 4 is 28.7 Å². The molecule has 1 aliphatic carbocycles. The van der Waals surface area contributed by atoms with Crippen LogP contribution >= 0.6 is 0 Å². The number of allylic oxidation sites excluding steroid dienone is 4. The summed E-state index contributed by atoms with van der Waals surface area (Å²) in [5, 5.41) is 1.02. The first-order valence-electron chi connectivity index (χ1n) is 15.2. The third-order valence-corrected chi connectivity index (χ3v) is 7.77. The first-order chi connectivity index (χ1) is 20.5. The number of para-hydroxylation sites is 1. The average Bonchev–Trinajstić information content (AvgIpc) is 3.32. The number of aliphatic imine (C=N–C) groups is 2. The lowest BCUT2D eigenvalue weighted by molar-refractivity contribution is -0.128. The summed E-state index contributed by atoms with van der Waals surface area (Å²) in [6, 6.07) is 8.07. The van der Waals surface area contributed by atoms with Crippen LogP contribution in [0.2, 0.25) is 0 Å². The molecular formula is C32H43N9O. The van der Waals surface area contributed by atoms with E-state index in [2.05, 4.69) is 45.1 Å². The van der Waals surface area contributed by atoms with E-state index in [4.69, 9.17) is 25.7 Å². The van der Waals surface area contributed by atoms with Gasteiger partial charge in [0.15, 0.2) is 5.96 Å². The van der Waals surface area contributed by atoms with Crippen molar-refractivity contribution in [1.82, 2.24) is 29.6 Å². The number of nitrogens with zero attached hydrogens (tertiary/aromatic N) is 8. The monoisotopic (exact) mass is 569 g/mol. The SMILES string of the molecule is CC.Cc1nc(CN2C(=O)CN(CC3=CCC=CC=C3)/C(N3CCCC(N)C3)=N\CN3CCN=C32)nc2ccccc12. The van der Waals surface area contributed by atoms with Crippen LogP contribution in [0.3, 0.4) is 0 Å². The Bertz CT molecular complexity index is 1430. The zero-order valence-electron chi connectivity index (χ0n) is 25.1. The van der Waals surface area contributed by atoms with Crippen molar-refractivity contribution in [2.45, 2.75) is 52.6 Å². The smallest absolute Gasteiger partial charge is 0.249 e. The number of amides is 1. The minimum Gasteiger partial charge on any atom is -0.341 e. The summed E-state index contributed by atoms with van der Waals surface area (Å²) in [4.78, 5) is 41.9. The van der Waals surface area contributed by atoms with Gasteiger partial charge in [-0.25, -0.2) is 15.0 Å². The third-order valence-electron chi connectivity index (χ3n) is 7.77. The number of likely N-dealkylation sites (tertiary alicyclic amines) is 1. The van der Waals surface area contributed by atoms with Crippen molar-refractivity contribution in [2.75, 3.05) is 45.9 Å². The minimum atomic E-state index is -0.0488. The molecule has 1 unspecified atom stereocenters. The normalized spacial score (nSPS) is 22.2. The largest absolute Gasteiger partial charge is 0.341 e. The van der Waals surface area contributed by atoms with Crippen molar-refractivity contribution in [1.29, 1.82) is 0 Å². The van der Waals surface area contributed by atoms with Crippen molar-refractivity contribution < 1.29 is 4.79 Å². The number of carbonyl (C=O) groups excluding carboxylic acids is 1. The Morgan fingerprint density at radius 2 is 1.86 bits per heavy atom. The minimum absolute atomic E-state index is 0.0488. The number of rotatable bonds is 4. The second-order valence-corrected chi connectivity index (χ2v) is 10.8. The Morgan fingerprint density at radius 3 is 2.71 bits per heavy atom. The molecule has 42 heavy (non-hydrogen) atoms. The zero-order chi connectivity index (χ0) is 29.5. The molecule has 0 saturated carbocycles. The Hall–Kier alpha value is -4.05. The van der Waals surface area contributed by atoms with Crippen LogP contribution in [0, 0.1) is 6.92 Å². The maximum atomic E-state index is 14.2. The number of guanidine groups is 2. The van der Waals surface area contributed by atoms with E-state index in [9.17, 15) is 4.79 Å².